The summed E-state index contributed by atoms with van der Waals surface area (Å²) >= 11 is 5.95. The summed E-state index contributed by atoms with van der Waals surface area (Å²) in [6, 6.07) is 11.9. The minimum atomic E-state index is -0.531. The summed E-state index contributed by atoms with van der Waals surface area (Å²) in [4.78, 5) is 12.0. The summed E-state index contributed by atoms with van der Waals surface area (Å²) < 4.78 is 5.24. The lowest BCUT2D eigenvalue weighted by Crippen LogP contribution is -2.07. The molecule has 0 atom stereocenters. The van der Waals surface area contributed by atoms with Gasteiger partial charge in [0.05, 0.1) is 22.2 Å². The number of nitrogens with two attached hydrogens (primary N) is 1. The first-order valence-electron chi connectivity index (χ1n) is 6.23. The van der Waals surface area contributed by atoms with E-state index in [1.165, 1.54) is 6.07 Å². The van der Waals surface area contributed by atoms with E-state index in [1.807, 2.05) is 6.92 Å². The maximum atomic E-state index is 12.0. The summed E-state index contributed by atoms with van der Waals surface area (Å²) in [5.41, 5.74) is 8.61. The molecule has 0 saturated heterocycles. The van der Waals surface area contributed by atoms with Crippen molar-refractivity contribution >= 4 is 23.3 Å². The molecule has 2 aromatic rings. The highest BCUT2D eigenvalue weighted by Crippen LogP contribution is 2.20. The molecule has 0 bridgehead atoms. The standard InChI is InChI=1S/C16H13ClN2O2/c1-10-6-11(8-18)2-3-12(10)9-21-16(20)14-7-13(19)4-5-15(14)17/h2-7H,9,19H2,1H3. The van der Waals surface area contributed by atoms with E-state index >= 15 is 0 Å². The van der Waals surface area contributed by atoms with Gasteiger partial charge in [0.2, 0.25) is 0 Å². The van der Waals surface area contributed by atoms with Crippen molar-refractivity contribution in [1.29, 1.82) is 5.26 Å². The van der Waals surface area contributed by atoms with Crippen LogP contribution in [0, 0.1) is 18.3 Å². The number of nitrogens with zero attached hydrogens (tertiary/aromatic N) is 1. The molecule has 0 radical (unpaired) electrons. The number of carbonyl (C=O) groups excluding carboxylic acids is 1. The van der Waals surface area contributed by atoms with Crippen LogP contribution < -0.4 is 5.73 Å². The van der Waals surface area contributed by atoms with Crippen molar-refractivity contribution in [3.8, 4) is 6.07 Å². The first-order valence-corrected chi connectivity index (χ1v) is 6.61. The number of carbonyl (C=O) groups is 1. The number of ether oxygens (including phenoxy) is 1. The van der Waals surface area contributed by atoms with Crippen molar-refractivity contribution < 1.29 is 9.53 Å². The Kier molecular flexibility index (Phi) is 4.46. The van der Waals surface area contributed by atoms with Crippen LogP contribution in [-0.4, -0.2) is 5.97 Å². The number of nitriles is 1. The molecule has 0 fully saturated rings. The zero-order chi connectivity index (χ0) is 15.4. The van der Waals surface area contributed by atoms with Gasteiger partial charge in [0, 0.05) is 5.69 Å². The summed E-state index contributed by atoms with van der Waals surface area (Å²) in [7, 11) is 0. The van der Waals surface area contributed by atoms with E-state index in [2.05, 4.69) is 6.07 Å². The summed E-state index contributed by atoms with van der Waals surface area (Å²) in [5, 5.41) is 9.11. The van der Waals surface area contributed by atoms with E-state index < -0.39 is 5.97 Å². The second-order valence-electron chi connectivity index (χ2n) is 4.57. The van der Waals surface area contributed by atoms with Gasteiger partial charge in [0.15, 0.2) is 0 Å². The van der Waals surface area contributed by atoms with Gasteiger partial charge in [-0.05, 0) is 48.4 Å². The topological polar surface area (TPSA) is 76.1 Å². The quantitative estimate of drug-likeness (QED) is 0.695. The highest BCUT2D eigenvalue weighted by Gasteiger charge is 2.13. The number of nitrogen functional groups attached to an aromatic ring is 1. The zero-order valence-electron chi connectivity index (χ0n) is 11.4. The summed E-state index contributed by atoms with van der Waals surface area (Å²) in [6.45, 7) is 1.97. The SMILES string of the molecule is Cc1cc(C#N)ccc1COC(=O)c1cc(N)ccc1Cl. The Labute approximate surface area is 127 Å². The molecule has 106 valence electrons. The third-order valence-corrected chi connectivity index (χ3v) is 3.37. The maximum absolute atomic E-state index is 12.0. The Morgan fingerprint density at radius 1 is 1.33 bits per heavy atom. The molecular weight excluding hydrogens is 288 g/mol. The van der Waals surface area contributed by atoms with E-state index in [-0.39, 0.29) is 12.2 Å². The third kappa shape index (κ3) is 3.53. The lowest BCUT2D eigenvalue weighted by Gasteiger charge is -2.09. The van der Waals surface area contributed by atoms with Gasteiger partial charge >= 0.3 is 5.97 Å². The van der Waals surface area contributed by atoms with Crippen LogP contribution in [0.3, 0.4) is 0 Å². The van der Waals surface area contributed by atoms with E-state index in [0.717, 1.165) is 11.1 Å². The van der Waals surface area contributed by atoms with Crippen molar-refractivity contribution in [2.45, 2.75) is 13.5 Å². The second-order valence-corrected chi connectivity index (χ2v) is 4.98. The Bertz CT molecular complexity index is 736. The average Bonchev–Trinajstić information content (AvgIpc) is 2.48. The highest BCUT2D eigenvalue weighted by atomic mass is 35.5. The molecule has 4 nitrogen and oxygen atoms in total. The fourth-order valence-electron chi connectivity index (χ4n) is 1.85. The maximum Gasteiger partial charge on any atom is 0.340 e. The first kappa shape index (κ1) is 14.9. The molecule has 5 heteroatoms. The molecule has 0 aliphatic heterocycles. The Hall–Kier alpha value is -2.51. The molecule has 0 aliphatic carbocycles. The molecule has 0 aliphatic rings. The van der Waals surface area contributed by atoms with Gasteiger partial charge in [-0.25, -0.2) is 4.79 Å². The number of rotatable bonds is 3. The van der Waals surface area contributed by atoms with Crippen LogP contribution in [0.5, 0.6) is 0 Å². The van der Waals surface area contributed by atoms with E-state index in [1.54, 1.807) is 30.3 Å². The van der Waals surface area contributed by atoms with Gasteiger partial charge < -0.3 is 10.5 Å². The Morgan fingerprint density at radius 3 is 2.76 bits per heavy atom. The minimum Gasteiger partial charge on any atom is -0.457 e. The highest BCUT2D eigenvalue weighted by molar-refractivity contribution is 6.33. The van der Waals surface area contributed by atoms with E-state index in [9.17, 15) is 4.79 Å². The molecule has 0 spiro atoms. The van der Waals surface area contributed by atoms with Gasteiger partial charge in [-0.15, -0.1) is 0 Å². The van der Waals surface area contributed by atoms with Crippen molar-refractivity contribution in [2.24, 2.45) is 0 Å². The fourth-order valence-corrected chi connectivity index (χ4v) is 2.04. The van der Waals surface area contributed by atoms with Gasteiger partial charge in [0.1, 0.15) is 6.61 Å². The monoisotopic (exact) mass is 300 g/mol. The largest absolute Gasteiger partial charge is 0.457 e. The van der Waals surface area contributed by atoms with Crippen LogP contribution >= 0.6 is 11.6 Å². The molecule has 2 rings (SSSR count). The van der Waals surface area contributed by atoms with Crippen LogP contribution in [0.2, 0.25) is 5.02 Å². The normalized spacial score (nSPS) is 9.95. The molecule has 2 N–H and O–H groups in total. The smallest absolute Gasteiger partial charge is 0.340 e. The molecule has 0 saturated carbocycles. The minimum absolute atomic E-state index is 0.113. The lowest BCUT2D eigenvalue weighted by molar-refractivity contribution is 0.0472. The number of aryl methyl sites for hydroxylation is 1. The third-order valence-electron chi connectivity index (χ3n) is 3.04. The molecule has 0 unspecified atom stereocenters. The molecule has 0 aromatic heterocycles. The van der Waals surface area contributed by atoms with Gasteiger partial charge in [0.25, 0.3) is 0 Å². The van der Waals surface area contributed by atoms with Crippen molar-refractivity contribution in [3.63, 3.8) is 0 Å². The Balaban J connectivity index is 2.11. The van der Waals surface area contributed by atoms with Gasteiger partial charge in [-0.1, -0.05) is 17.7 Å². The number of benzene rings is 2. The van der Waals surface area contributed by atoms with Crippen LogP contribution in [0.15, 0.2) is 36.4 Å². The van der Waals surface area contributed by atoms with E-state index in [0.29, 0.717) is 16.3 Å². The number of anilines is 1. The number of hydrogen-bond acceptors (Lipinski definition) is 4. The van der Waals surface area contributed by atoms with Crippen molar-refractivity contribution in [1.82, 2.24) is 0 Å². The number of halogens is 1. The van der Waals surface area contributed by atoms with E-state index in [4.69, 9.17) is 27.3 Å². The predicted molar refractivity (Wildman–Crippen MR) is 80.9 cm³/mol. The fraction of sp³-hybridized carbons (Fsp3) is 0.125. The molecule has 21 heavy (non-hydrogen) atoms. The lowest BCUT2D eigenvalue weighted by atomic mass is 10.1. The summed E-state index contributed by atoms with van der Waals surface area (Å²) in [6.07, 6.45) is 0. The van der Waals surface area contributed by atoms with Crippen LogP contribution in [0.1, 0.15) is 27.0 Å². The molecule has 0 heterocycles. The number of hydrogen-bond donors (Lipinski definition) is 1. The second kappa shape index (κ2) is 6.29. The molecule has 2 aromatic carbocycles. The van der Waals surface area contributed by atoms with Gasteiger partial charge in [-0.3, -0.25) is 0 Å². The van der Waals surface area contributed by atoms with Crippen LogP contribution in [-0.2, 0) is 11.3 Å². The molecule has 0 amide bonds. The van der Waals surface area contributed by atoms with Crippen LogP contribution in [0.25, 0.3) is 0 Å². The first-order chi connectivity index (χ1) is 10.0. The van der Waals surface area contributed by atoms with Gasteiger partial charge in [-0.2, -0.15) is 5.26 Å². The summed E-state index contributed by atoms with van der Waals surface area (Å²) in [5.74, 6) is -0.531. The van der Waals surface area contributed by atoms with Crippen molar-refractivity contribution in [2.75, 3.05) is 5.73 Å². The average molecular weight is 301 g/mol. The Morgan fingerprint density at radius 2 is 2.10 bits per heavy atom. The van der Waals surface area contributed by atoms with Crippen molar-refractivity contribution in [3.05, 3.63) is 63.7 Å². The molecular formula is C16H13ClN2O2. The predicted octanol–water partition coefficient (Wildman–Crippen LogP) is 3.46. The van der Waals surface area contributed by atoms with Crippen LogP contribution in [0.4, 0.5) is 5.69 Å². The number of esters is 1. The zero-order valence-corrected chi connectivity index (χ0v) is 12.1.